The van der Waals surface area contributed by atoms with Crippen molar-refractivity contribution >= 4 is 33.3 Å². The Balaban J connectivity index is 1.82. The number of hydrogen-bond acceptors (Lipinski definition) is 5. The van der Waals surface area contributed by atoms with Gasteiger partial charge in [0.15, 0.2) is 0 Å². The van der Waals surface area contributed by atoms with Gasteiger partial charge in [0.05, 0.1) is 27.6 Å². The molecule has 4 aromatic rings. The lowest BCUT2D eigenvalue weighted by Gasteiger charge is -2.07. The largest absolute Gasteiger partial charge is 0.397 e. The molecule has 2 heterocycles. The number of aromatic nitrogens is 3. The predicted molar refractivity (Wildman–Crippen MR) is 106 cm³/mol. The van der Waals surface area contributed by atoms with E-state index in [4.69, 9.17) is 5.73 Å². The highest BCUT2D eigenvalue weighted by Crippen LogP contribution is 2.30. The zero-order valence-electron chi connectivity index (χ0n) is 14.7. The van der Waals surface area contributed by atoms with E-state index in [1.54, 1.807) is 6.07 Å². The number of nitrogen functional groups attached to an aromatic ring is 1. The van der Waals surface area contributed by atoms with Gasteiger partial charge < -0.3 is 26.3 Å². The van der Waals surface area contributed by atoms with Crippen molar-refractivity contribution in [3.8, 4) is 11.4 Å². The standard InChI is InChI=1S/C19H19FN6O/c1-22-7-8-23-10-5-6-12-14(9-10)25-18(24-12)16-17(21)15-11(20)3-2-4-13(15)26-19(16)27/h2-6,9,22-23H,7-8H2,1H3,(H,24,25)(H3,21,26,27). The van der Waals surface area contributed by atoms with E-state index in [9.17, 15) is 9.18 Å². The van der Waals surface area contributed by atoms with Crippen molar-refractivity contribution in [2.75, 3.05) is 31.2 Å². The van der Waals surface area contributed by atoms with Crippen LogP contribution in [0, 0.1) is 5.82 Å². The van der Waals surface area contributed by atoms with Crippen molar-refractivity contribution in [2.24, 2.45) is 0 Å². The number of nitrogens with one attached hydrogen (secondary N) is 4. The van der Waals surface area contributed by atoms with Gasteiger partial charge in [0, 0.05) is 18.8 Å². The molecule has 0 atom stereocenters. The van der Waals surface area contributed by atoms with Crippen molar-refractivity contribution in [1.82, 2.24) is 20.3 Å². The summed E-state index contributed by atoms with van der Waals surface area (Å²) in [5.74, 6) is -0.184. The van der Waals surface area contributed by atoms with Crippen LogP contribution in [-0.4, -0.2) is 35.1 Å². The summed E-state index contributed by atoms with van der Waals surface area (Å²) in [6.07, 6.45) is 0. The van der Waals surface area contributed by atoms with Crippen LogP contribution in [0.1, 0.15) is 0 Å². The summed E-state index contributed by atoms with van der Waals surface area (Å²) in [7, 11) is 1.89. The summed E-state index contributed by atoms with van der Waals surface area (Å²) >= 11 is 0. The third-order valence-corrected chi connectivity index (χ3v) is 4.45. The molecule has 0 saturated heterocycles. The van der Waals surface area contributed by atoms with Gasteiger partial charge in [-0.05, 0) is 37.4 Å². The molecule has 0 bridgehead atoms. The number of nitrogens with two attached hydrogens (primary N) is 1. The molecule has 4 rings (SSSR count). The van der Waals surface area contributed by atoms with Crippen molar-refractivity contribution in [3.63, 3.8) is 0 Å². The molecule has 27 heavy (non-hydrogen) atoms. The zero-order valence-corrected chi connectivity index (χ0v) is 14.7. The highest BCUT2D eigenvalue weighted by Gasteiger charge is 2.18. The molecule has 138 valence electrons. The van der Waals surface area contributed by atoms with Crippen LogP contribution in [0.2, 0.25) is 0 Å². The second-order valence-corrected chi connectivity index (χ2v) is 6.25. The maximum Gasteiger partial charge on any atom is 0.261 e. The predicted octanol–water partition coefficient (Wildman–Crippen LogP) is 2.42. The smallest absolute Gasteiger partial charge is 0.261 e. The first-order valence-electron chi connectivity index (χ1n) is 8.57. The number of nitrogens with zero attached hydrogens (tertiary/aromatic N) is 1. The van der Waals surface area contributed by atoms with Crippen molar-refractivity contribution in [3.05, 3.63) is 52.6 Å². The van der Waals surface area contributed by atoms with E-state index < -0.39 is 11.4 Å². The van der Waals surface area contributed by atoms with Crippen molar-refractivity contribution < 1.29 is 4.39 Å². The SMILES string of the molecule is CNCCNc1ccc2nc(-c3c(N)c4c(F)cccc4[nH]c3=O)[nH]c2c1. The van der Waals surface area contributed by atoms with Gasteiger partial charge >= 0.3 is 0 Å². The third kappa shape index (κ3) is 3.00. The second kappa shape index (κ2) is 6.73. The van der Waals surface area contributed by atoms with Crippen LogP contribution in [0.25, 0.3) is 33.3 Å². The Morgan fingerprint density at radius 2 is 2.00 bits per heavy atom. The topological polar surface area (TPSA) is 112 Å². The lowest BCUT2D eigenvalue weighted by molar-refractivity contribution is 0.640. The number of fused-ring (bicyclic) bond motifs is 2. The number of benzene rings is 2. The zero-order chi connectivity index (χ0) is 19.0. The number of imidazole rings is 1. The highest BCUT2D eigenvalue weighted by molar-refractivity contribution is 5.98. The molecule has 7 nitrogen and oxygen atoms in total. The molecule has 0 amide bonds. The van der Waals surface area contributed by atoms with Gasteiger partial charge in [-0.1, -0.05) is 6.07 Å². The maximum atomic E-state index is 14.2. The highest BCUT2D eigenvalue weighted by atomic mass is 19.1. The number of H-pyrrole nitrogens is 2. The molecule has 2 aromatic heterocycles. The fraction of sp³-hybridized carbons (Fsp3) is 0.158. The number of aromatic amines is 2. The van der Waals surface area contributed by atoms with Crippen LogP contribution in [0.5, 0.6) is 0 Å². The molecule has 6 N–H and O–H groups in total. The number of likely N-dealkylation sites (N-methyl/N-ethyl adjacent to an activating group) is 1. The Hall–Kier alpha value is -3.39. The number of anilines is 2. The Labute approximate surface area is 153 Å². The second-order valence-electron chi connectivity index (χ2n) is 6.25. The van der Waals surface area contributed by atoms with Gasteiger partial charge in [-0.3, -0.25) is 4.79 Å². The normalized spacial score (nSPS) is 11.3. The summed E-state index contributed by atoms with van der Waals surface area (Å²) in [5.41, 5.74) is 8.66. The first-order chi connectivity index (χ1) is 13.1. The van der Waals surface area contributed by atoms with Gasteiger partial charge in [0.25, 0.3) is 5.56 Å². The lowest BCUT2D eigenvalue weighted by atomic mass is 10.1. The Kier molecular flexibility index (Phi) is 4.25. The van der Waals surface area contributed by atoms with E-state index in [1.165, 1.54) is 12.1 Å². The van der Waals surface area contributed by atoms with E-state index >= 15 is 0 Å². The van der Waals surface area contributed by atoms with Crippen molar-refractivity contribution in [2.45, 2.75) is 0 Å². The fourth-order valence-electron chi connectivity index (χ4n) is 3.14. The van der Waals surface area contributed by atoms with Gasteiger partial charge in [0.1, 0.15) is 17.2 Å². The average molecular weight is 366 g/mol. The number of hydrogen-bond donors (Lipinski definition) is 5. The van der Waals surface area contributed by atoms with E-state index in [1.807, 2.05) is 25.2 Å². The van der Waals surface area contributed by atoms with Gasteiger partial charge in [-0.2, -0.15) is 0 Å². The minimum Gasteiger partial charge on any atom is -0.397 e. The van der Waals surface area contributed by atoms with Gasteiger partial charge in [-0.15, -0.1) is 0 Å². The fourth-order valence-corrected chi connectivity index (χ4v) is 3.14. The first kappa shape index (κ1) is 17.0. The minimum atomic E-state index is -0.491. The third-order valence-electron chi connectivity index (χ3n) is 4.45. The van der Waals surface area contributed by atoms with Crippen LogP contribution in [-0.2, 0) is 0 Å². The molecule has 0 spiro atoms. The van der Waals surface area contributed by atoms with Gasteiger partial charge in [0.2, 0.25) is 0 Å². The molecule has 0 aliphatic carbocycles. The monoisotopic (exact) mass is 366 g/mol. The van der Waals surface area contributed by atoms with Crippen molar-refractivity contribution in [1.29, 1.82) is 0 Å². The molecular formula is C19H19FN6O. The van der Waals surface area contributed by atoms with Crippen LogP contribution < -0.4 is 21.9 Å². The molecule has 8 heteroatoms. The quantitative estimate of drug-likeness (QED) is 0.348. The molecule has 2 aromatic carbocycles. The van der Waals surface area contributed by atoms with E-state index in [0.29, 0.717) is 16.9 Å². The number of pyridine rings is 1. The lowest BCUT2D eigenvalue weighted by Crippen LogP contribution is -2.17. The molecule has 0 unspecified atom stereocenters. The van der Waals surface area contributed by atoms with E-state index in [-0.39, 0.29) is 16.6 Å². The molecule has 0 saturated carbocycles. The average Bonchev–Trinajstić information content (AvgIpc) is 3.04. The number of rotatable bonds is 5. The minimum absolute atomic E-state index is 0.0678. The summed E-state index contributed by atoms with van der Waals surface area (Å²) < 4.78 is 14.2. The summed E-state index contributed by atoms with van der Waals surface area (Å²) in [6, 6.07) is 10.1. The van der Waals surface area contributed by atoms with Crippen LogP contribution in [0.3, 0.4) is 0 Å². The molecular weight excluding hydrogens is 347 g/mol. The number of halogens is 1. The van der Waals surface area contributed by atoms with E-state index in [0.717, 1.165) is 24.3 Å². The van der Waals surface area contributed by atoms with Crippen LogP contribution in [0.15, 0.2) is 41.2 Å². The van der Waals surface area contributed by atoms with Gasteiger partial charge in [-0.25, -0.2) is 9.37 Å². The summed E-state index contributed by atoms with van der Waals surface area (Å²) in [6.45, 7) is 1.61. The summed E-state index contributed by atoms with van der Waals surface area (Å²) in [5, 5.41) is 6.54. The first-order valence-corrected chi connectivity index (χ1v) is 8.57. The van der Waals surface area contributed by atoms with Crippen LogP contribution in [0.4, 0.5) is 15.8 Å². The van der Waals surface area contributed by atoms with Crippen LogP contribution >= 0.6 is 0 Å². The molecule has 0 aliphatic heterocycles. The Morgan fingerprint density at radius 3 is 2.81 bits per heavy atom. The van der Waals surface area contributed by atoms with E-state index in [2.05, 4.69) is 25.6 Å². The molecule has 0 radical (unpaired) electrons. The summed E-state index contributed by atoms with van der Waals surface area (Å²) in [4.78, 5) is 22.8. The molecule has 0 fully saturated rings. The Morgan fingerprint density at radius 1 is 1.15 bits per heavy atom. The molecule has 0 aliphatic rings. The Bertz CT molecular complexity index is 1200. The maximum absolute atomic E-state index is 14.2.